The predicted octanol–water partition coefficient (Wildman–Crippen LogP) is 5.59. The molecule has 1 heterocycles. The molecule has 0 spiro atoms. The summed E-state index contributed by atoms with van der Waals surface area (Å²) in [6, 6.07) is 5.17. The normalized spacial score (nSPS) is 28.7. The third kappa shape index (κ3) is 3.05. The highest BCUT2D eigenvalue weighted by atomic mass is 31.1. The number of aryl methyl sites for hydroxylation is 2. The summed E-state index contributed by atoms with van der Waals surface area (Å²) in [5, 5.41) is 1.68. The largest absolute Gasteiger partial charge is 0.0898 e. The van der Waals surface area contributed by atoms with Gasteiger partial charge in [-0.1, -0.05) is 66.5 Å². The lowest BCUT2D eigenvalue weighted by Crippen LogP contribution is -2.22. The molecule has 0 bridgehead atoms. The SMILES string of the molecule is CCCC1=CC(C)CC(c2cc3c(cc2CC)CCP3)C1C. The van der Waals surface area contributed by atoms with E-state index in [0.29, 0.717) is 0 Å². The molecule has 0 N–H and O–H groups in total. The number of fused-ring (bicyclic) bond motifs is 1. The summed E-state index contributed by atoms with van der Waals surface area (Å²) in [7, 11) is 1.05. The van der Waals surface area contributed by atoms with E-state index in [0.717, 1.165) is 26.3 Å². The topological polar surface area (TPSA) is 0 Å². The Labute approximate surface area is 138 Å². The molecule has 0 aromatic heterocycles. The maximum atomic E-state index is 2.61. The Hall–Kier alpha value is -0.610. The van der Waals surface area contributed by atoms with Crippen molar-refractivity contribution in [3.8, 4) is 0 Å². The molecule has 0 radical (unpaired) electrons. The van der Waals surface area contributed by atoms with Crippen molar-refractivity contribution < 1.29 is 0 Å². The molecule has 3 rings (SSSR count). The molecule has 0 amide bonds. The molecule has 0 fully saturated rings. The van der Waals surface area contributed by atoms with Gasteiger partial charge >= 0.3 is 0 Å². The lowest BCUT2D eigenvalue weighted by Gasteiger charge is -2.35. The van der Waals surface area contributed by atoms with E-state index in [-0.39, 0.29) is 0 Å². The highest BCUT2D eigenvalue weighted by Gasteiger charge is 2.30. The molecule has 22 heavy (non-hydrogen) atoms. The van der Waals surface area contributed by atoms with Gasteiger partial charge in [0.05, 0.1) is 0 Å². The molecule has 4 atom stereocenters. The minimum absolute atomic E-state index is 0.726. The van der Waals surface area contributed by atoms with Gasteiger partial charge in [-0.15, -0.1) is 0 Å². The zero-order chi connectivity index (χ0) is 15.7. The van der Waals surface area contributed by atoms with Crippen LogP contribution in [0.5, 0.6) is 0 Å². The second-order valence-electron chi connectivity index (χ2n) is 7.34. The molecule has 0 nitrogen and oxygen atoms in total. The van der Waals surface area contributed by atoms with E-state index >= 15 is 0 Å². The fraction of sp³-hybridized carbons (Fsp3) is 0.619. The zero-order valence-corrected chi connectivity index (χ0v) is 15.7. The van der Waals surface area contributed by atoms with Gasteiger partial charge in [0.1, 0.15) is 0 Å². The highest BCUT2D eigenvalue weighted by molar-refractivity contribution is 7.47. The van der Waals surface area contributed by atoms with Crippen LogP contribution in [0, 0.1) is 11.8 Å². The summed E-state index contributed by atoms with van der Waals surface area (Å²) in [4.78, 5) is 0. The first-order valence-corrected chi connectivity index (χ1v) is 10.4. The fourth-order valence-corrected chi connectivity index (χ4v) is 5.86. The van der Waals surface area contributed by atoms with Gasteiger partial charge in [-0.25, -0.2) is 0 Å². The number of benzene rings is 1. The van der Waals surface area contributed by atoms with Crippen LogP contribution in [-0.4, -0.2) is 6.16 Å². The van der Waals surface area contributed by atoms with Crippen molar-refractivity contribution in [2.45, 2.75) is 65.7 Å². The van der Waals surface area contributed by atoms with Crippen LogP contribution in [0.1, 0.15) is 69.6 Å². The summed E-state index contributed by atoms with van der Waals surface area (Å²) in [6.07, 6.45) is 10.4. The third-order valence-corrected chi connectivity index (χ3v) is 7.05. The van der Waals surface area contributed by atoms with Crippen LogP contribution in [0.3, 0.4) is 0 Å². The molecule has 0 saturated carbocycles. The minimum Gasteiger partial charge on any atom is -0.0898 e. The van der Waals surface area contributed by atoms with Crippen molar-refractivity contribution in [3.63, 3.8) is 0 Å². The summed E-state index contributed by atoms with van der Waals surface area (Å²) >= 11 is 0. The third-order valence-electron chi connectivity index (χ3n) is 5.71. The average molecular weight is 314 g/mol. The van der Waals surface area contributed by atoms with E-state index in [1.54, 1.807) is 27.6 Å². The van der Waals surface area contributed by atoms with E-state index in [4.69, 9.17) is 0 Å². The van der Waals surface area contributed by atoms with E-state index < -0.39 is 0 Å². The lowest BCUT2D eigenvalue weighted by molar-refractivity contribution is 0.398. The number of hydrogen-bond donors (Lipinski definition) is 0. The van der Waals surface area contributed by atoms with Gasteiger partial charge in [-0.3, -0.25) is 0 Å². The number of rotatable bonds is 4. The monoisotopic (exact) mass is 314 g/mol. The molecule has 4 unspecified atom stereocenters. The van der Waals surface area contributed by atoms with Gasteiger partial charge in [0.25, 0.3) is 0 Å². The molecule has 1 aromatic carbocycles. The molecule has 1 aliphatic carbocycles. The Morgan fingerprint density at radius 3 is 2.73 bits per heavy atom. The van der Waals surface area contributed by atoms with E-state index in [1.165, 1.54) is 38.3 Å². The van der Waals surface area contributed by atoms with Gasteiger partial charge in [-0.05, 0) is 71.6 Å². The Balaban J connectivity index is 1.98. The van der Waals surface area contributed by atoms with Crippen molar-refractivity contribution in [2.75, 3.05) is 6.16 Å². The summed E-state index contributed by atoms with van der Waals surface area (Å²) in [6.45, 7) is 9.54. The van der Waals surface area contributed by atoms with Crippen molar-refractivity contribution in [1.29, 1.82) is 0 Å². The molecule has 1 heteroatoms. The zero-order valence-electron chi connectivity index (χ0n) is 14.7. The molecular weight excluding hydrogens is 283 g/mol. The fourth-order valence-electron chi connectivity index (χ4n) is 4.51. The van der Waals surface area contributed by atoms with Gasteiger partial charge in [0, 0.05) is 0 Å². The molecule has 0 saturated heterocycles. The van der Waals surface area contributed by atoms with Crippen molar-refractivity contribution in [1.82, 2.24) is 0 Å². The maximum absolute atomic E-state index is 2.61. The van der Waals surface area contributed by atoms with E-state index in [9.17, 15) is 0 Å². The predicted molar refractivity (Wildman–Crippen MR) is 101 cm³/mol. The Morgan fingerprint density at radius 1 is 1.18 bits per heavy atom. The summed E-state index contributed by atoms with van der Waals surface area (Å²) in [5.74, 6) is 2.21. The molecule has 120 valence electrons. The van der Waals surface area contributed by atoms with Crippen LogP contribution in [0.2, 0.25) is 0 Å². The molecule has 1 aliphatic heterocycles. The van der Waals surface area contributed by atoms with Crippen LogP contribution in [0.25, 0.3) is 0 Å². The van der Waals surface area contributed by atoms with Crippen molar-refractivity contribution in [3.05, 3.63) is 40.5 Å². The number of allylic oxidation sites excluding steroid dienone is 2. The van der Waals surface area contributed by atoms with Crippen LogP contribution in [-0.2, 0) is 12.8 Å². The Kier molecular flexibility index (Phi) is 5.08. The van der Waals surface area contributed by atoms with Crippen LogP contribution >= 0.6 is 8.58 Å². The van der Waals surface area contributed by atoms with E-state index in [1.807, 2.05) is 0 Å². The number of hydrogen-bond acceptors (Lipinski definition) is 0. The molecular formula is C21H31P. The standard InChI is InChI=1S/C21H31P/c1-5-7-17-10-14(3)11-19(15(17)4)20-13-21-18(8-9-22-21)12-16(20)6-2/h10,12-15,19,22H,5-9,11H2,1-4H3. The van der Waals surface area contributed by atoms with Gasteiger partial charge in [0.15, 0.2) is 0 Å². The minimum atomic E-state index is 0.726. The maximum Gasteiger partial charge on any atom is -0.00905 e. The first kappa shape index (κ1) is 16.3. The first-order chi connectivity index (χ1) is 10.6. The van der Waals surface area contributed by atoms with Crippen LogP contribution < -0.4 is 5.30 Å². The van der Waals surface area contributed by atoms with Crippen molar-refractivity contribution in [2.24, 2.45) is 11.8 Å². The highest BCUT2D eigenvalue weighted by Crippen LogP contribution is 2.43. The summed E-state index contributed by atoms with van der Waals surface area (Å²) in [5.41, 5.74) is 6.69. The van der Waals surface area contributed by atoms with Crippen LogP contribution in [0.4, 0.5) is 0 Å². The van der Waals surface area contributed by atoms with Gasteiger partial charge in [-0.2, -0.15) is 0 Å². The average Bonchev–Trinajstić information content (AvgIpc) is 2.96. The Bertz CT molecular complexity index is 570. The molecule has 1 aromatic rings. The lowest BCUT2D eigenvalue weighted by atomic mass is 9.70. The van der Waals surface area contributed by atoms with Crippen molar-refractivity contribution >= 4 is 13.9 Å². The second-order valence-corrected chi connectivity index (χ2v) is 8.73. The molecule has 2 aliphatic rings. The van der Waals surface area contributed by atoms with Crippen LogP contribution in [0.15, 0.2) is 23.8 Å². The second kappa shape index (κ2) is 6.88. The first-order valence-electron chi connectivity index (χ1n) is 9.24. The van der Waals surface area contributed by atoms with Gasteiger partial charge < -0.3 is 0 Å². The Morgan fingerprint density at radius 2 is 2.00 bits per heavy atom. The van der Waals surface area contributed by atoms with Gasteiger partial charge in [0.2, 0.25) is 0 Å². The summed E-state index contributed by atoms with van der Waals surface area (Å²) < 4.78 is 0. The quantitative estimate of drug-likeness (QED) is 0.501. The smallest absolute Gasteiger partial charge is 0.00905 e. The van der Waals surface area contributed by atoms with E-state index in [2.05, 4.69) is 45.9 Å².